The number of hydrogen-bond acceptors (Lipinski definition) is 3. The summed E-state index contributed by atoms with van der Waals surface area (Å²) in [5.41, 5.74) is 0.843. The van der Waals surface area contributed by atoms with Gasteiger partial charge in [0, 0.05) is 19.0 Å². The van der Waals surface area contributed by atoms with Crippen LogP contribution in [0.5, 0.6) is 0 Å². The van der Waals surface area contributed by atoms with Gasteiger partial charge in [-0.1, -0.05) is 38.8 Å². The number of carbonyl (C=O) groups excluding carboxylic acids is 3. The van der Waals surface area contributed by atoms with Gasteiger partial charge >= 0.3 is 0 Å². The minimum Gasteiger partial charge on any atom is -0.354 e. The van der Waals surface area contributed by atoms with E-state index in [2.05, 4.69) is 19.2 Å². The van der Waals surface area contributed by atoms with E-state index in [1.807, 2.05) is 6.92 Å². The van der Waals surface area contributed by atoms with Crippen LogP contribution in [-0.2, 0) is 4.79 Å². The van der Waals surface area contributed by atoms with Crippen molar-refractivity contribution in [1.29, 1.82) is 0 Å². The van der Waals surface area contributed by atoms with Crippen molar-refractivity contribution < 1.29 is 14.4 Å². The molecule has 1 aromatic rings. The Hall–Kier alpha value is -2.17. The van der Waals surface area contributed by atoms with Crippen molar-refractivity contribution in [2.45, 2.75) is 52.5 Å². The molecule has 5 nitrogen and oxygen atoms in total. The summed E-state index contributed by atoms with van der Waals surface area (Å²) in [6.07, 6.45) is 3.31. The molecule has 0 radical (unpaired) electrons. The van der Waals surface area contributed by atoms with Gasteiger partial charge in [-0.2, -0.15) is 0 Å². The van der Waals surface area contributed by atoms with Crippen molar-refractivity contribution >= 4 is 17.7 Å². The molecule has 2 rings (SSSR count). The molecular weight excluding hydrogens is 304 g/mol. The molecule has 0 bridgehead atoms. The molecule has 0 fully saturated rings. The van der Waals surface area contributed by atoms with Gasteiger partial charge in [-0.05, 0) is 31.4 Å². The first-order valence-corrected chi connectivity index (χ1v) is 8.64. The zero-order valence-electron chi connectivity index (χ0n) is 14.7. The Morgan fingerprint density at radius 2 is 1.62 bits per heavy atom. The fourth-order valence-electron chi connectivity index (χ4n) is 2.91. The molecule has 0 aliphatic carbocycles. The number of rotatable bonds is 8. The van der Waals surface area contributed by atoms with E-state index in [1.165, 1.54) is 0 Å². The van der Waals surface area contributed by atoms with Crippen molar-refractivity contribution in [2.75, 3.05) is 6.54 Å². The van der Waals surface area contributed by atoms with Crippen LogP contribution in [0, 0.1) is 5.92 Å². The molecule has 0 unspecified atom stereocenters. The number of amides is 3. The predicted octanol–water partition coefficient (Wildman–Crippen LogP) is 3.00. The topological polar surface area (TPSA) is 66.5 Å². The van der Waals surface area contributed by atoms with Gasteiger partial charge in [-0.3, -0.25) is 19.3 Å². The monoisotopic (exact) mass is 330 g/mol. The van der Waals surface area contributed by atoms with E-state index in [0.717, 1.165) is 24.2 Å². The Bertz CT molecular complexity index is 590. The molecule has 1 N–H and O–H groups in total. The molecule has 3 amide bonds. The van der Waals surface area contributed by atoms with E-state index in [0.29, 0.717) is 17.0 Å². The third-order valence-corrected chi connectivity index (χ3v) is 4.27. The maximum Gasteiger partial charge on any atom is 0.261 e. The van der Waals surface area contributed by atoms with Gasteiger partial charge < -0.3 is 5.32 Å². The minimum atomic E-state index is -0.312. The molecule has 0 spiro atoms. The molecule has 1 heterocycles. The number of hydrogen-bond donors (Lipinski definition) is 1. The lowest BCUT2D eigenvalue weighted by Crippen LogP contribution is -2.37. The van der Waals surface area contributed by atoms with Crippen molar-refractivity contribution in [2.24, 2.45) is 5.92 Å². The largest absolute Gasteiger partial charge is 0.354 e. The van der Waals surface area contributed by atoms with Crippen LogP contribution in [0.25, 0.3) is 0 Å². The second-order valence-corrected chi connectivity index (χ2v) is 6.85. The van der Waals surface area contributed by atoms with Crippen LogP contribution in [-0.4, -0.2) is 35.2 Å². The van der Waals surface area contributed by atoms with Crippen LogP contribution < -0.4 is 5.32 Å². The zero-order valence-corrected chi connectivity index (χ0v) is 14.7. The van der Waals surface area contributed by atoms with Crippen LogP contribution in [0.15, 0.2) is 24.3 Å². The van der Waals surface area contributed by atoms with E-state index in [1.54, 1.807) is 24.3 Å². The first kappa shape index (κ1) is 18.2. The fourth-order valence-corrected chi connectivity index (χ4v) is 2.91. The van der Waals surface area contributed by atoms with Crippen molar-refractivity contribution in [3.05, 3.63) is 35.4 Å². The van der Waals surface area contributed by atoms with Crippen LogP contribution in [0.4, 0.5) is 0 Å². The lowest BCUT2D eigenvalue weighted by molar-refractivity contribution is -0.121. The zero-order chi connectivity index (χ0) is 17.7. The lowest BCUT2D eigenvalue weighted by atomic mass is 10.0. The number of fused-ring (bicyclic) bond motifs is 1. The van der Waals surface area contributed by atoms with E-state index >= 15 is 0 Å². The number of benzene rings is 1. The standard InChI is InChI=1S/C19H26N2O3/c1-13(2)7-6-8-14(3)20-17(22)11-12-21-18(23)15-9-4-5-10-16(15)19(21)24/h4-5,9-10,13-14H,6-8,11-12H2,1-3H3,(H,20,22)/t14-/m0/s1. The van der Waals surface area contributed by atoms with Gasteiger partial charge in [0.15, 0.2) is 0 Å². The summed E-state index contributed by atoms with van der Waals surface area (Å²) in [4.78, 5) is 37.6. The highest BCUT2D eigenvalue weighted by Crippen LogP contribution is 2.22. The molecule has 0 aromatic heterocycles. The van der Waals surface area contributed by atoms with E-state index in [9.17, 15) is 14.4 Å². The van der Waals surface area contributed by atoms with Gasteiger partial charge in [-0.25, -0.2) is 0 Å². The summed E-state index contributed by atoms with van der Waals surface area (Å²) < 4.78 is 0. The van der Waals surface area contributed by atoms with Crippen molar-refractivity contribution in [3.8, 4) is 0 Å². The van der Waals surface area contributed by atoms with Crippen LogP contribution in [0.2, 0.25) is 0 Å². The van der Waals surface area contributed by atoms with Crippen molar-refractivity contribution in [1.82, 2.24) is 10.2 Å². The maximum atomic E-state index is 12.2. The second kappa shape index (κ2) is 8.08. The smallest absolute Gasteiger partial charge is 0.261 e. The minimum absolute atomic E-state index is 0.110. The highest BCUT2D eigenvalue weighted by atomic mass is 16.2. The summed E-state index contributed by atoms with van der Waals surface area (Å²) >= 11 is 0. The SMILES string of the molecule is CC(C)CCC[C@H](C)NC(=O)CCN1C(=O)c2ccccc2C1=O. The average molecular weight is 330 g/mol. The van der Waals surface area contributed by atoms with E-state index in [4.69, 9.17) is 0 Å². The Balaban J connectivity index is 1.79. The Morgan fingerprint density at radius 1 is 1.04 bits per heavy atom. The molecule has 24 heavy (non-hydrogen) atoms. The van der Waals surface area contributed by atoms with Gasteiger partial charge in [0.1, 0.15) is 0 Å². The molecule has 1 aliphatic heterocycles. The second-order valence-electron chi connectivity index (χ2n) is 6.85. The molecule has 0 saturated heterocycles. The van der Waals surface area contributed by atoms with Gasteiger partial charge in [-0.15, -0.1) is 0 Å². The van der Waals surface area contributed by atoms with Gasteiger partial charge in [0.25, 0.3) is 11.8 Å². The first-order chi connectivity index (χ1) is 11.4. The Labute approximate surface area is 143 Å². The number of imide groups is 1. The van der Waals surface area contributed by atoms with Crippen LogP contribution in [0.3, 0.4) is 0 Å². The molecule has 1 aliphatic rings. The molecular formula is C19H26N2O3. The molecule has 1 atom stereocenters. The van der Waals surface area contributed by atoms with E-state index < -0.39 is 0 Å². The highest BCUT2D eigenvalue weighted by Gasteiger charge is 2.34. The summed E-state index contributed by atoms with van der Waals surface area (Å²) in [5.74, 6) is -0.0768. The Morgan fingerprint density at radius 3 is 2.17 bits per heavy atom. The van der Waals surface area contributed by atoms with Gasteiger partial charge in [0.05, 0.1) is 11.1 Å². The third-order valence-electron chi connectivity index (χ3n) is 4.27. The lowest BCUT2D eigenvalue weighted by Gasteiger charge is -2.17. The van der Waals surface area contributed by atoms with Crippen LogP contribution in [0.1, 0.15) is 67.2 Å². The maximum absolute atomic E-state index is 12.2. The average Bonchev–Trinajstić information content (AvgIpc) is 2.77. The quantitative estimate of drug-likeness (QED) is 0.745. The highest BCUT2D eigenvalue weighted by molar-refractivity contribution is 6.21. The molecule has 0 saturated carbocycles. The normalized spacial score (nSPS) is 14.9. The molecule has 1 aromatic carbocycles. The van der Waals surface area contributed by atoms with E-state index in [-0.39, 0.29) is 36.7 Å². The summed E-state index contributed by atoms with van der Waals surface area (Å²) in [6, 6.07) is 6.87. The van der Waals surface area contributed by atoms with Crippen molar-refractivity contribution in [3.63, 3.8) is 0 Å². The molecule has 5 heteroatoms. The number of nitrogens with one attached hydrogen (secondary N) is 1. The number of nitrogens with zero attached hydrogens (tertiary/aromatic N) is 1. The van der Waals surface area contributed by atoms with Gasteiger partial charge in [0.2, 0.25) is 5.91 Å². The first-order valence-electron chi connectivity index (χ1n) is 8.64. The summed E-state index contributed by atoms with van der Waals surface area (Å²) in [6.45, 7) is 6.48. The fraction of sp³-hybridized carbons (Fsp3) is 0.526. The summed E-state index contributed by atoms with van der Waals surface area (Å²) in [7, 11) is 0. The number of carbonyl (C=O) groups is 3. The molecule has 130 valence electrons. The predicted molar refractivity (Wildman–Crippen MR) is 92.7 cm³/mol. The Kier molecular flexibility index (Phi) is 6.12. The summed E-state index contributed by atoms with van der Waals surface area (Å²) in [5, 5.41) is 2.94. The third kappa shape index (κ3) is 4.43. The van der Waals surface area contributed by atoms with Crippen LogP contribution >= 0.6 is 0 Å².